The lowest BCUT2D eigenvalue weighted by Gasteiger charge is -2.09. The minimum absolute atomic E-state index is 0.155. The van der Waals surface area contributed by atoms with Crippen LogP contribution in [0.15, 0.2) is 58.3 Å². The number of hydrogen-bond acceptors (Lipinski definition) is 4. The first-order chi connectivity index (χ1) is 9.01. The number of benzene rings is 2. The minimum atomic E-state index is -3.60. The molecule has 0 saturated carbocycles. The first-order valence-electron chi connectivity index (χ1n) is 5.54. The Morgan fingerprint density at radius 1 is 1.11 bits per heavy atom. The van der Waals surface area contributed by atoms with Gasteiger partial charge in [0.2, 0.25) is 0 Å². The average molecular weight is 294 g/mol. The molecule has 3 N–H and O–H groups in total. The molecule has 0 unspecified atom stereocenters. The van der Waals surface area contributed by atoms with E-state index in [1.54, 1.807) is 36.0 Å². The topological polar surface area (TPSA) is 72.2 Å². The van der Waals surface area contributed by atoms with Gasteiger partial charge in [0, 0.05) is 16.3 Å². The van der Waals surface area contributed by atoms with Crippen LogP contribution in [0.3, 0.4) is 0 Å². The van der Waals surface area contributed by atoms with Crippen LogP contribution in [-0.2, 0) is 10.0 Å². The predicted octanol–water partition coefficient (Wildman–Crippen LogP) is 2.79. The highest BCUT2D eigenvalue weighted by Gasteiger charge is 2.14. The Hall–Kier alpha value is -1.66. The molecule has 0 fully saturated rings. The third-order valence-corrected chi connectivity index (χ3v) is 4.59. The summed E-state index contributed by atoms with van der Waals surface area (Å²) in [7, 11) is -3.60. The summed E-state index contributed by atoms with van der Waals surface area (Å²) in [5.74, 6) is 0. The zero-order valence-electron chi connectivity index (χ0n) is 10.3. The summed E-state index contributed by atoms with van der Waals surface area (Å²) in [6.45, 7) is 0. The molecule has 0 saturated heterocycles. The molecule has 0 bridgehead atoms. The summed E-state index contributed by atoms with van der Waals surface area (Å²) in [6, 6.07) is 13.4. The fourth-order valence-corrected chi connectivity index (χ4v) is 3.15. The SMILES string of the molecule is CSc1cccc(NS(=O)(=O)c2cccc(N)c2)c1. The van der Waals surface area contributed by atoms with E-state index in [4.69, 9.17) is 5.73 Å². The molecule has 19 heavy (non-hydrogen) atoms. The zero-order valence-corrected chi connectivity index (χ0v) is 12.0. The number of nitrogens with one attached hydrogen (secondary N) is 1. The lowest BCUT2D eigenvalue weighted by Crippen LogP contribution is -2.13. The fourth-order valence-electron chi connectivity index (χ4n) is 1.58. The van der Waals surface area contributed by atoms with Crippen LogP contribution in [0, 0.1) is 0 Å². The molecule has 0 amide bonds. The molecule has 0 heterocycles. The van der Waals surface area contributed by atoms with E-state index in [2.05, 4.69) is 4.72 Å². The summed E-state index contributed by atoms with van der Waals surface area (Å²) >= 11 is 1.55. The van der Waals surface area contributed by atoms with Gasteiger partial charge in [-0.05, 0) is 42.7 Å². The molecule has 2 aromatic carbocycles. The Balaban J connectivity index is 2.31. The molecular weight excluding hydrogens is 280 g/mol. The lowest BCUT2D eigenvalue weighted by atomic mass is 10.3. The van der Waals surface area contributed by atoms with Crippen LogP contribution in [0.1, 0.15) is 0 Å². The minimum Gasteiger partial charge on any atom is -0.399 e. The number of nitrogen functional groups attached to an aromatic ring is 1. The van der Waals surface area contributed by atoms with Crippen molar-refractivity contribution in [1.82, 2.24) is 0 Å². The molecule has 0 aliphatic carbocycles. The Bertz CT molecular complexity index is 685. The standard InChI is InChI=1S/C13H14N2O2S2/c1-18-12-6-3-5-11(9-12)15-19(16,17)13-7-2-4-10(14)8-13/h2-9,15H,14H2,1H3. The van der Waals surface area contributed by atoms with Crippen LogP contribution in [0.5, 0.6) is 0 Å². The van der Waals surface area contributed by atoms with Crippen LogP contribution >= 0.6 is 11.8 Å². The van der Waals surface area contributed by atoms with Crippen molar-refractivity contribution in [2.24, 2.45) is 0 Å². The van der Waals surface area contributed by atoms with Crippen molar-refractivity contribution in [2.45, 2.75) is 9.79 Å². The Morgan fingerprint density at radius 2 is 1.84 bits per heavy atom. The monoisotopic (exact) mass is 294 g/mol. The van der Waals surface area contributed by atoms with Gasteiger partial charge in [-0.2, -0.15) is 0 Å². The second-order valence-corrected chi connectivity index (χ2v) is 6.47. The quantitative estimate of drug-likeness (QED) is 0.672. The first-order valence-corrected chi connectivity index (χ1v) is 8.24. The molecule has 0 spiro atoms. The lowest BCUT2D eigenvalue weighted by molar-refractivity contribution is 0.601. The van der Waals surface area contributed by atoms with Gasteiger partial charge in [0.05, 0.1) is 4.90 Å². The second kappa shape index (κ2) is 5.54. The smallest absolute Gasteiger partial charge is 0.261 e. The number of anilines is 2. The molecule has 0 aliphatic heterocycles. The Labute approximate surface area is 117 Å². The summed E-state index contributed by atoms with van der Waals surface area (Å²) in [5, 5.41) is 0. The highest BCUT2D eigenvalue weighted by Crippen LogP contribution is 2.22. The first kappa shape index (κ1) is 13.8. The van der Waals surface area contributed by atoms with Gasteiger partial charge in [-0.25, -0.2) is 8.42 Å². The van der Waals surface area contributed by atoms with E-state index < -0.39 is 10.0 Å². The van der Waals surface area contributed by atoms with E-state index in [-0.39, 0.29) is 4.90 Å². The van der Waals surface area contributed by atoms with E-state index in [0.717, 1.165) is 4.90 Å². The number of sulfonamides is 1. The number of hydrogen-bond donors (Lipinski definition) is 2. The average Bonchev–Trinajstić information content (AvgIpc) is 2.38. The number of thioether (sulfide) groups is 1. The zero-order chi connectivity index (χ0) is 13.9. The number of rotatable bonds is 4. The van der Waals surface area contributed by atoms with Crippen molar-refractivity contribution < 1.29 is 8.42 Å². The molecule has 0 atom stereocenters. The summed E-state index contributed by atoms with van der Waals surface area (Å²) < 4.78 is 26.9. The third-order valence-electron chi connectivity index (χ3n) is 2.49. The van der Waals surface area contributed by atoms with E-state index in [0.29, 0.717) is 11.4 Å². The van der Waals surface area contributed by atoms with Crippen LogP contribution in [0.2, 0.25) is 0 Å². The predicted molar refractivity (Wildman–Crippen MR) is 79.9 cm³/mol. The molecule has 0 radical (unpaired) electrons. The molecule has 4 nitrogen and oxygen atoms in total. The normalized spacial score (nSPS) is 11.2. The van der Waals surface area contributed by atoms with Crippen molar-refractivity contribution in [3.63, 3.8) is 0 Å². The van der Waals surface area contributed by atoms with Crippen molar-refractivity contribution in [1.29, 1.82) is 0 Å². The highest BCUT2D eigenvalue weighted by atomic mass is 32.2. The van der Waals surface area contributed by atoms with Gasteiger partial charge in [0.1, 0.15) is 0 Å². The molecule has 0 aromatic heterocycles. The summed E-state index contributed by atoms with van der Waals surface area (Å²) in [5.41, 5.74) is 6.55. The van der Waals surface area contributed by atoms with E-state index in [1.165, 1.54) is 12.1 Å². The Morgan fingerprint density at radius 3 is 2.53 bits per heavy atom. The largest absolute Gasteiger partial charge is 0.399 e. The van der Waals surface area contributed by atoms with Gasteiger partial charge in [0.15, 0.2) is 0 Å². The maximum absolute atomic E-state index is 12.2. The van der Waals surface area contributed by atoms with Crippen LogP contribution in [-0.4, -0.2) is 14.7 Å². The van der Waals surface area contributed by atoms with E-state index in [9.17, 15) is 8.42 Å². The molecule has 2 aromatic rings. The van der Waals surface area contributed by atoms with Crippen molar-refractivity contribution in [3.05, 3.63) is 48.5 Å². The van der Waals surface area contributed by atoms with Crippen LogP contribution < -0.4 is 10.5 Å². The van der Waals surface area contributed by atoms with Crippen molar-refractivity contribution in [3.8, 4) is 0 Å². The number of nitrogens with two attached hydrogens (primary N) is 1. The van der Waals surface area contributed by atoms with Crippen molar-refractivity contribution >= 4 is 33.2 Å². The second-order valence-electron chi connectivity index (χ2n) is 3.91. The maximum atomic E-state index is 12.2. The summed E-state index contributed by atoms with van der Waals surface area (Å²) in [6.07, 6.45) is 1.94. The molecule has 2 rings (SSSR count). The molecule has 0 aliphatic rings. The molecular formula is C13H14N2O2S2. The van der Waals surface area contributed by atoms with Gasteiger partial charge < -0.3 is 5.73 Å². The van der Waals surface area contributed by atoms with Crippen molar-refractivity contribution in [2.75, 3.05) is 16.7 Å². The van der Waals surface area contributed by atoms with E-state index >= 15 is 0 Å². The summed E-state index contributed by atoms with van der Waals surface area (Å²) in [4.78, 5) is 1.15. The van der Waals surface area contributed by atoms with Crippen LogP contribution in [0.4, 0.5) is 11.4 Å². The molecule has 6 heteroatoms. The van der Waals surface area contributed by atoms with Gasteiger partial charge >= 0.3 is 0 Å². The van der Waals surface area contributed by atoms with E-state index in [1.807, 2.05) is 18.4 Å². The van der Waals surface area contributed by atoms with Gasteiger partial charge in [0.25, 0.3) is 10.0 Å². The maximum Gasteiger partial charge on any atom is 0.261 e. The van der Waals surface area contributed by atoms with Gasteiger partial charge in [-0.3, -0.25) is 4.72 Å². The Kier molecular flexibility index (Phi) is 4.01. The fraction of sp³-hybridized carbons (Fsp3) is 0.0769. The van der Waals surface area contributed by atoms with Gasteiger partial charge in [-0.1, -0.05) is 12.1 Å². The highest BCUT2D eigenvalue weighted by molar-refractivity contribution is 7.98. The van der Waals surface area contributed by atoms with Crippen LogP contribution in [0.25, 0.3) is 0 Å². The third kappa shape index (κ3) is 3.42. The molecule has 100 valence electrons. The van der Waals surface area contributed by atoms with Gasteiger partial charge in [-0.15, -0.1) is 11.8 Å².